The summed E-state index contributed by atoms with van der Waals surface area (Å²) in [5, 5.41) is 0.762. The quantitative estimate of drug-likeness (QED) is 0.870. The summed E-state index contributed by atoms with van der Waals surface area (Å²) in [5.74, 6) is 0.315. The molecule has 0 aliphatic heterocycles. The van der Waals surface area contributed by atoms with E-state index >= 15 is 0 Å². The average molecular weight is 256 g/mol. The highest BCUT2D eigenvalue weighted by molar-refractivity contribution is 7.18. The lowest BCUT2D eigenvalue weighted by molar-refractivity contribution is 0.0770. The van der Waals surface area contributed by atoms with Gasteiger partial charge in [0.1, 0.15) is 10.7 Å². The zero-order chi connectivity index (χ0) is 13.0. The summed E-state index contributed by atoms with van der Waals surface area (Å²) >= 11 is 1.34. The Morgan fingerprint density at radius 3 is 2.47 bits per heavy atom. The first-order valence-electron chi connectivity index (χ1n) is 5.74. The van der Waals surface area contributed by atoms with Crippen LogP contribution in [-0.2, 0) is 0 Å². The third-order valence-electron chi connectivity index (χ3n) is 2.38. The molecule has 96 valence electrons. The number of thiazole rings is 1. The van der Waals surface area contributed by atoms with Gasteiger partial charge in [-0.1, -0.05) is 18.3 Å². The molecule has 1 aromatic rings. The normalized spacial score (nSPS) is 10.4. The highest BCUT2D eigenvalue weighted by Crippen LogP contribution is 2.27. The number of rotatable bonds is 5. The van der Waals surface area contributed by atoms with Crippen LogP contribution in [0.2, 0.25) is 0 Å². The Bertz CT molecular complexity index is 389. The number of hydrogen-bond donors (Lipinski definition) is 1. The molecule has 5 nitrogen and oxygen atoms in total. The second-order valence-corrected chi connectivity index (χ2v) is 4.97. The molecule has 1 rings (SSSR count). The molecule has 17 heavy (non-hydrogen) atoms. The predicted octanol–water partition coefficient (Wildman–Crippen LogP) is 1.66. The first-order valence-corrected chi connectivity index (χ1v) is 6.55. The van der Waals surface area contributed by atoms with E-state index in [0.29, 0.717) is 17.2 Å². The Morgan fingerprint density at radius 1 is 1.41 bits per heavy atom. The van der Waals surface area contributed by atoms with Crippen LogP contribution in [0.25, 0.3) is 0 Å². The van der Waals surface area contributed by atoms with Gasteiger partial charge in [-0.3, -0.25) is 4.79 Å². The zero-order valence-electron chi connectivity index (χ0n) is 10.9. The van der Waals surface area contributed by atoms with Crippen molar-refractivity contribution in [2.24, 2.45) is 0 Å². The van der Waals surface area contributed by atoms with E-state index in [4.69, 9.17) is 5.73 Å². The van der Waals surface area contributed by atoms with Crippen LogP contribution in [0.3, 0.4) is 0 Å². The van der Waals surface area contributed by atoms with Gasteiger partial charge in [0, 0.05) is 27.2 Å². The van der Waals surface area contributed by atoms with Crippen molar-refractivity contribution in [3.05, 3.63) is 4.88 Å². The van der Waals surface area contributed by atoms with Crippen molar-refractivity contribution in [3.8, 4) is 0 Å². The van der Waals surface area contributed by atoms with E-state index in [2.05, 4.69) is 11.9 Å². The van der Waals surface area contributed by atoms with Crippen LogP contribution in [0, 0.1) is 0 Å². The monoisotopic (exact) mass is 256 g/mol. The standard InChI is InChI=1S/C11H20N4OS/c1-5-7-15(6-2)10(16)8-9(12)13-11(17-8)14(3)4/h5-7,12H2,1-4H3. The third kappa shape index (κ3) is 3.09. The minimum absolute atomic E-state index is 0.0162. The fraction of sp³-hybridized carbons (Fsp3) is 0.636. The summed E-state index contributed by atoms with van der Waals surface area (Å²) in [6.45, 7) is 5.47. The van der Waals surface area contributed by atoms with Crippen LogP contribution in [-0.4, -0.2) is 43.0 Å². The Balaban J connectivity index is 2.94. The Hall–Kier alpha value is -1.30. The summed E-state index contributed by atoms with van der Waals surface area (Å²) in [7, 11) is 3.77. The molecule has 0 aromatic carbocycles. The van der Waals surface area contributed by atoms with Crippen molar-refractivity contribution in [2.45, 2.75) is 20.3 Å². The van der Waals surface area contributed by atoms with E-state index in [1.165, 1.54) is 11.3 Å². The van der Waals surface area contributed by atoms with Crippen LogP contribution >= 0.6 is 11.3 Å². The van der Waals surface area contributed by atoms with Crippen LogP contribution in [0.15, 0.2) is 0 Å². The maximum Gasteiger partial charge on any atom is 0.267 e. The zero-order valence-corrected chi connectivity index (χ0v) is 11.7. The second-order valence-electron chi connectivity index (χ2n) is 3.99. The molecular weight excluding hydrogens is 236 g/mol. The van der Waals surface area contributed by atoms with Crippen molar-refractivity contribution in [1.82, 2.24) is 9.88 Å². The van der Waals surface area contributed by atoms with Crippen LogP contribution in [0.4, 0.5) is 10.9 Å². The first kappa shape index (κ1) is 13.8. The minimum atomic E-state index is -0.0162. The van der Waals surface area contributed by atoms with E-state index in [9.17, 15) is 4.79 Å². The minimum Gasteiger partial charge on any atom is -0.382 e. The van der Waals surface area contributed by atoms with Crippen molar-refractivity contribution in [3.63, 3.8) is 0 Å². The van der Waals surface area contributed by atoms with Crippen molar-refractivity contribution < 1.29 is 4.79 Å². The van der Waals surface area contributed by atoms with Gasteiger partial charge in [0.05, 0.1) is 0 Å². The lowest BCUT2D eigenvalue weighted by Crippen LogP contribution is -2.31. The molecule has 2 N–H and O–H groups in total. The van der Waals surface area contributed by atoms with Crippen molar-refractivity contribution in [2.75, 3.05) is 37.8 Å². The summed E-state index contributed by atoms with van der Waals surface area (Å²) in [4.78, 5) is 20.6. The van der Waals surface area contributed by atoms with E-state index < -0.39 is 0 Å². The number of hydrogen-bond acceptors (Lipinski definition) is 5. The van der Waals surface area contributed by atoms with Gasteiger partial charge in [-0.05, 0) is 13.3 Å². The van der Waals surface area contributed by atoms with Crippen LogP contribution in [0.1, 0.15) is 29.9 Å². The highest BCUT2D eigenvalue weighted by Gasteiger charge is 2.21. The predicted molar refractivity (Wildman–Crippen MR) is 72.7 cm³/mol. The first-order chi connectivity index (χ1) is 8.01. The maximum absolute atomic E-state index is 12.2. The molecule has 1 heterocycles. The van der Waals surface area contributed by atoms with Gasteiger partial charge in [0.15, 0.2) is 5.13 Å². The molecule has 0 spiro atoms. The van der Waals surface area contributed by atoms with Crippen molar-refractivity contribution in [1.29, 1.82) is 0 Å². The van der Waals surface area contributed by atoms with E-state index in [0.717, 1.165) is 18.1 Å². The van der Waals surface area contributed by atoms with Crippen molar-refractivity contribution >= 4 is 28.2 Å². The number of amides is 1. The lowest BCUT2D eigenvalue weighted by Gasteiger charge is -2.19. The maximum atomic E-state index is 12.2. The highest BCUT2D eigenvalue weighted by atomic mass is 32.1. The third-order valence-corrected chi connectivity index (χ3v) is 3.61. The number of nitrogens with zero attached hydrogens (tertiary/aromatic N) is 3. The molecule has 0 radical (unpaired) electrons. The van der Waals surface area contributed by atoms with E-state index in [-0.39, 0.29) is 5.91 Å². The molecule has 0 unspecified atom stereocenters. The van der Waals surface area contributed by atoms with Gasteiger partial charge in [-0.15, -0.1) is 0 Å². The van der Waals surface area contributed by atoms with E-state index in [1.807, 2.05) is 25.9 Å². The largest absolute Gasteiger partial charge is 0.382 e. The van der Waals surface area contributed by atoms with Gasteiger partial charge in [0.2, 0.25) is 0 Å². The summed E-state index contributed by atoms with van der Waals surface area (Å²) in [5.41, 5.74) is 5.79. The van der Waals surface area contributed by atoms with Crippen LogP contribution in [0.5, 0.6) is 0 Å². The fourth-order valence-corrected chi connectivity index (χ4v) is 2.36. The molecule has 0 aliphatic carbocycles. The Morgan fingerprint density at radius 2 is 2.06 bits per heavy atom. The Labute approximate surface area is 106 Å². The molecule has 0 saturated heterocycles. The van der Waals surface area contributed by atoms with Gasteiger partial charge >= 0.3 is 0 Å². The number of carbonyl (C=O) groups excluding carboxylic acids is 1. The molecule has 0 saturated carbocycles. The molecule has 0 fully saturated rings. The molecule has 0 aliphatic rings. The van der Waals surface area contributed by atoms with Gasteiger partial charge in [-0.25, -0.2) is 4.98 Å². The topological polar surface area (TPSA) is 62.5 Å². The summed E-state index contributed by atoms with van der Waals surface area (Å²) in [6.07, 6.45) is 0.943. The number of nitrogen functional groups attached to an aromatic ring is 1. The van der Waals surface area contributed by atoms with Gasteiger partial charge < -0.3 is 15.5 Å². The number of aromatic nitrogens is 1. The molecule has 6 heteroatoms. The summed E-state index contributed by atoms with van der Waals surface area (Å²) in [6, 6.07) is 0. The molecule has 1 amide bonds. The fourth-order valence-electron chi connectivity index (χ4n) is 1.48. The molecule has 0 atom stereocenters. The molecule has 0 bridgehead atoms. The number of anilines is 2. The SMILES string of the molecule is CCCN(CC)C(=O)c1sc(N(C)C)nc1N. The van der Waals surface area contributed by atoms with Gasteiger partial charge in [-0.2, -0.15) is 0 Å². The number of nitrogens with two attached hydrogens (primary N) is 1. The van der Waals surface area contributed by atoms with E-state index in [1.54, 1.807) is 4.90 Å². The smallest absolute Gasteiger partial charge is 0.267 e. The lowest BCUT2D eigenvalue weighted by atomic mass is 10.3. The number of carbonyl (C=O) groups is 1. The average Bonchev–Trinajstić information content (AvgIpc) is 2.67. The Kier molecular flexibility index (Phi) is 4.74. The van der Waals surface area contributed by atoms with Crippen LogP contribution < -0.4 is 10.6 Å². The summed E-state index contributed by atoms with van der Waals surface area (Å²) < 4.78 is 0. The molecule has 1 aromatic heterocycles. The second kappa shape index (κ2) is 5.86. The molecular formula is C11H20N4OS. The van der Waals surface area contributed by atoms with Gasteiger partial charge in [0.25, 0.3) is 5.91 Å².